The molecule has 0 saturated carbocycles. The summed E-state index contributed by atoms with van der Waals surface area (Å²) < 4.78 is 6.66. The van der Waals surface area contributed by atoms with Gasteiger partial charge in [-0.15, -0.1) is 11.3 Å². The number of ether oxygens (including phenoxy) is 1. The largest absolute Gasteiger partial charge is 0.492 e. The van der Waals surface area contributed by atoms with E-state index in [1.54, 1.807) is 11.3 Å². The summed E-state index contributed by atoms with van der Waals surface area (Å²) in [4.78, 5) is 13.6. The molecule has 3 rings (SSSR count). The molecule has 2 aromatic rings. The molecular formula is C21H23BrN2O2S. The molecule has 1 aromatic heterocycles. The number of aryl methyl sites for hydroxylation is 1. The van der Waals surface area contributed by atoms with E-state index >= 15 is 0 Å². The number of benzene rings is 1. The minimum Gasteiger partial charge on any atom is -0.492 e. The van der Waals surface area contributed by atoms with Gasteiger partial charge < -0.3 is 10.1 Å². The lowest BCUT2D eigenvalue weighted by Gasteiger charge is -2.17. The highest BCUT2D eigenvalue weighted by molar-refractivity contribution is 9.10. The molecule has 142 valence electrons. The molecule has 1 atom stereocenters. The van der Waals surface area contributed by atoms with Crippen LogP contribution in [-0.4, -0.2) is 12.5 Å². The van der Waals surface area contributed by atoms with Gasteiger partial charge in [0.2, 0.25) is 5.91 Å². The summed E-state index contributed by atoms with van der Waals surface area (Å²) in [5.74, 6) is 1.36. The van der Waals surface area contributed by atoms with Crippen LogP contribution < -0.4 is 10.1 Å². The number of carbonyl (C=O) groups is 1. The fourth-order valence-electron chi connectivity index (χ4n) is 3.28. The Balaban J connectivity index is 1.52. The summed E-state index contributed by atoms with van der Waals surface area (Å²) in [6.07, 6.45) is 4.04. The number of halogens is 1. The van der Waals surface area contributed by atoms with Crippen LogP contribution in [0.15, 0.2) is 22.7 Å². The second kappa shape index (κ2) is 8.90. The second-order valence-corrected chi connectivity index (χ2v) is 9.06. The normalized spacial score (nSPS) is 15.7. The highest BCUT2D eigenvalue weighted by Gasteiger charge is 2.24. The minimum absolute atomic E-state index is 0.0651. The predicted molar refractivity (Wildman–Crippen MR) is 112 cm³/mol. The van der Waals surface area contributed by atoms with Gasteiger partial charge in [-0.2, -0.15) is 5.26 Å². The lowest BCUT2D eigenvalue weighted by molar-refractivity contribution is -0.116. The van der Waals surface area contributed by atoms with Crippen molar-refractivity contribution in [2.24, 2.45) is 5.92 Å². The molecule has 0 spiro atoms. The number of hydrogen-bond donors (Lipinski definition) is 1. The number of rotatable bonds is 6. The summed E-state index contributed by atoms with van der Waals surface area (Å²) in [6, 6.07) is 8.22. The van der Waals surface area contributed by atoms with Gasteiger partial charge >= 0.3 is 0 Å². The van der Waals surface area contributed by atoms with Crippen LogP contribution in [0, 0.1) is 24.2 Å². The molecule has 1 aromatic carbocycles. The van der Waals surface area contributed by atoms with E-state index in [-0.39, 0.29) is 5.91 Å². The number of fused-ring (bicyclic) bond motifs is 1. The van der Waals surface area contributed by atoms with Crippen molar-refractivity contribution in [3.63, 3.8) is 0 Å². The number of nitrogens with zero attached hydrogens (tertiary/aromatic N) is 1. The Kier molecular flexibility index (Phi) is 6.56. The molecule has 4 nitrogen and oxygen atoms in total. The fourth-order valence-corrected chi connectivity index (χ4v) is 5.27. The standard InChI is InChI=1S/C21H23BrN2O2S/c1-13-6-8-18(17(22)10-13)26-9-3-4-20(25)24-21-16(12-23)15-7-5-14(2)11-19(15)27-21/h6,8,10,14H,3-5,7,9,11H2,1-2H3,(H,24,25). The van der Waals surface area contributed by atoms with Gasteiger partial charge in [-0.05, 0) is 77.7 Å². The zero-order chi connectivity index (χ0) is 19.4. The quantitative estimate of drug-likeness (QED) is 0.586. The Morgan fingerprint density at radius 1 is 1.48 bits per heavy atom. The number of nitriles is 1. The molecule has 1 heterocycles. The van der Waals surface area contributed by atoms with Gasteiger partial charge in [0.15, 0.2) is 0 Å². The molecule has 1 unspecified atom stereocenters. The first kappa shape index (κ1) is 19.9. The maximum absolute atomic E-state index is 12.3. The van der Waals surface area contributed by atoms with E-state index in [9.17, 15) is 10.1 Å². The van der Waals surface area contributed by atoms with Crippen LogP contribution in [0.3, 0.4) is 0 Å². The van der Waals surface area contributed by atoms with Crippen LogP contribution in [0.1, 0.15) is 47.8 Å². The molecule has 1 aliphatic rings. The van der Waals surface area contributed by atoms with Crippen molar-refractivity contribution < 1.29 is 9.53 Å². The van der Waals surface area contributed by atoms with Crippen molar-refractivity contribution in [3.05, 3.63) is 44.2 Å². The molecular weight excluding hydrogens is 424 g/mol. The van der Waals surface area contributed by atoms with Crippen molar-refractivity contribution in [1.29, 1.82) is 5.26 Å². The zero-order valence-corrected chi connectivity index (χ0v) is 18.0. The number of carbonyl (C=O) groups excluding carboxylic acids is 1. The number of thiophene rings is 1. The van der Waals surface area contributed by atoms with E-state index in [0.29, 0.717) is 35.9 Å². The molecule has 0 bridgehead atoms. The van der Waals surface area contributed by atoms with Crippen LogP contribution in [0.25, 0.3) is 0 Å². The smallest absolute Gasteiger partial charge is 0.225 e. The molecule has 0 fully saturated rings. The van der Waals surface area contributed by atoms with E-state index in [2.05, 4.69) is 34.2 Å². The monoisotopic (exact) mass is 446 g/mol. The van der Waals surface area contributed by atoms with Gasteiger partial charge in [0.1, 0.15) is 16.8 Å². The van der Waals surface area contributed by atoms with Crippen molar-refractivity contribution in [2.45, 2.75) is 46.0 Å². The third-order valence-corrected chi connectivity index (χ3v) is 6.56. The first-order valence-corrected chi connectivity index (χ1v) is 10.8. The Morgan fingerprint density at radius 2 is 2.30 bits per heavy atom. The Morgan fingerprint density at radius 3 is 3.04 bits per heavy atom. The summed E-state index contributed by atoms with van der Waals surface area (Å²) in [7, 11) is 0. The first-order chi connectivity index (χ1) is 13.0. The van der Waals surface area contributed by atoms with E-state index in [1.165, 1.54) is 4.88 Å². The molecule has 1 amide bonds. The van der Waals surface area contributed by atoms with Crippen LogP contribution in [0.2, 0.25) is 0 Å². The van der Waals surface area contributed by atoms with Crippen molar-refractivity contribution in [2.75, 3.05) is 11.9 Å². The molecule has 1 aliphatic carbocycles. The predicted octanol–water partition coefficient (Wildman–Crippen LogP) is 5.61. The van der Waals surface area contributed by atoms with Gasteiger partial charge in [-0.3, -0.25) is 4.79 Å². The summed E-state index contributed by atoms with van der Waals surface area (Å²) in [6.45, 7) is 4.73. The van der Waals surface area contributed by atoms with Crippen LogP contribution in [0.4, 0.5) is 5.00 Å². The third-order valence-electron chi connectivity index (χ3n) is 4.77. The summed E-state index contributed by atoms with van der Waals surface area (Å²) in [5.41, 5.74) is 2.97. The molecule has 6 heteroatoms. The maximum Gasteiger partial charge on any atom is 0.225 e. The number of anilines is 1. The number of hydrogen-bond acceptors (Lipinski definition) is 4. The lowest BCUT2D eigenvalue weighted by atomic mass is 9.89. The van der Waals surface area contributed by atoms with Gasteiger partial charge in [-0.25, -0.2) is 0 Å². The highest BCUT2D eigenvalue weighted by atomic mass is 79.9. The molecule has 0 radical (unpaired) electrons. The number of nitrogens with one attached hydrogen (secondary N) is 1. The van der Waals surface area contributed by atoms with Gasteiger partial charge in [0, 0.05) is 11.3 Å². The summed E-state index contributed by atoms with van der Waals surface area (Å²) >= 11 is 5.05. The maximum atomic E-state index is 12.3. The number of amides is 1. The van der Waals surface area contributed by atoms with Crippen LogP contribution >= 0.6 is 27.3 Å². The van der Waals surface area contributed by atoms with Crippen molar-refractivity contribution in [1.82, 2.24) is 0 Å². The Bertz CT molecular complexity index is 885. The molecule has 0 saturated heterocycles. The Hall–Kier alpha value is -1.84. The molecule has 1 N–H and O–H groups in total. The topological polar surface area (TPSA) is 62.1 Å². The van der Waals surface area contributed by atoms with Crippen molar-refractivity contribution >= 4 is 38.2 Å². The lowest BCUT2D eigenvalue weighted by Crippen LogP contribution is -2.13. The molecule has 27 heavy (non-hydrogen) atoms. The average Bonchev–Trinajstić information content (AvgIpc) is 2.96. The first-order valence-electron chi connectivity index (χ1n) is 9.21. The van der Waals surface area contributed by atoms with E-state index < -0.39 is 0 Å². The van der Waals surface area contributed by atoms with Gasteiger partial charge in [0.25, 0.3) is 0 Å². The summed E-state index contributed by atoms with van der Waals surface area (Å²) in [5, 5.41) is 13.2. The van der Waals surface area contributed by atoms with E-state index in [1.807, 2.05) is 25.1 Å². The Labute approximate surface area is 172 Å². The second-order valence-electron chi connectivity index (χ2n) is 7.10. The fraction of sp³-hybridized carbons (Fsp3) is 0.429. The van der Waals surface area contributed by atoms with Gasteiger partial charge in [0.05, 0.1) is 16.6 Å². The van der Waals surface area contributed by atoms with E-state index in [0.717, 1.165) is 40.6 Å². The zero-order valence-electron chi connectivity index (χ0n) is 15.6. The highest BCUT2D eigenvalue weighted by Crippen LogP contribution is 2.39. The van der Waals surface area contributed by atoms with E-state index in [4.69, 9.17) is 4.74 Å². The third kappa shape index (κ3) is 4.91. The average molecular weight is 447 g/mol. The van der Waals surface area contributed by atoms with Crippen molar-refractivity contribution in [3.8, 4) is 11.8 Å². The SMILES string of the molecule is Cc1ccc(OCCCC(=O)Nc2sc3c(c2C#N)CCC(C)C3)c(Br)c1. The van der Waals surface area contributed by atoms with Gasteiger partial charge in [-0.1, -0.05) is 13.0 Å². The van der Waals surface area contributed by atoms with Crippen LogP contribution in [-0.2, 0) is 17.6 Å². The molecule has 0 aliphatic heterocycles. The minimum atomic E-state index is -0.0651. The van der Waals surface area contributed by atoms with Crippen LogP contribution in [0.5, 0.6) is 5.75 Å².